The van der Waals surface area contributed by atoms with Gasteiger partial charge in [-0.1, -0.05) is 48.9 Å². The topological polar surface area (TPSA) is 57.7 Å². The van der Waals surface area contributed by atoms with Gasteiger partial charge in [0.25, 0.3) is 0 Å². The third kappa shape index (κ3) is 2.90. The molecule has 4 atom stereocenters. The smallest absolute Gasteiger partial charge is 0.236 e. The van der Waals surface area contributed by atoms with Gasteiger partial charge in [0.05, 0.1) is 17.9 Å². The van der Waals surface area contributed by atoms with E-state index in [4.69, 9.17) is 0 Å². The van der Waals surface area contributed by atoms with Crippen molar-refractivity contribution in [3.8, 4) is 0 Å². The van der Waals surface area contributed by atoms with Crippen molar-refractivity contribution in [2.45, 2.75) is 59.2 Å². The predicted molar refractivity (Wildman–Crippen MR) is 116 cm³/mol. The first-order chi connectivity index (χ1) is 13.3. The van der Waals surface area contributed by atoms with Gasteiger partial charge in [-0.3, -0.25) is 19.3 Å². The molecule has 5 nitrogen and oxygen atoms in total. The summed E-state index contributed by atoms with van der Waals surface area (Å²) in [5, 5.41) is 0. The Bertz CT molecular complexity index is 954. The quantitative estimate of drug-likeness (QED) is 0.595. The molecule has 0 aromatic heterocycles. The van der Waals surface area contributed by atoms with E-state index < -0.39 is 28.8 Å². The predicted octanol–water partition coefficient (Wildman–Crippen LogP) is 4.05. The van der Waals surface area contributed by atoms with Crippen molar-refractivity contribution < 1.29 is 14.4 Å². The van der Waals surface area contributed by atoms with E-state index in [0.717, 1.165) is 15.7 Å². The Balaban J connectivity index is 1.90. The van der Waals surface area contributed by atoms with E-state index in [-0.39, 0.29) is 23.6 Å². The summed E-state index contributed by atoms with van der Waals surface area (Å²) in [6.45, 7) is 11.2. The van der Waals surface area contributed by atoms with Gasteiger partial charge in [-0.05, 0) is 44.5 Å². The zero-order chi connectivity index (χ0) is 21.5. The first-order valence-electron chi connectivity index (χ1n) is 10.0. The molecule has 0 N–H and O–H groups in total. The van der Waals surface area contributed by atoms with Crippen LogP contribution in [0.2, 0.25) is 0 Å². The molecule has 0 unspecified atom stereocenters. The number of Topliss-reactive ketones (excluding diaryl/α,β-unsaturated/α-hetero) is 1. The third-order valence-electron chi connectivity index (χ3n) is 6.15. The third-order valence-corrected chi connectivity index (χ3v) is 6.64. The second-order valence-corrected chi connectivity index (χ2v) is 11.2. The molecule has 1 aromatic carbocycles. The largest absolute Gasteiger partial charge is 0.353 e. The number of hydrogen-bond donors (Lipinski definition) is 0. The normalized spacial score (nSPS) is 28.5. The van der Waals surface area contributed by atoms with Crippen LogP contribution in [-0.2, 0) is 14.4 Å². The summed E-state index contributed by atoms with van der Waals surface area (Å²) < 4.78 is 0.948. The van der Waals surface area contributed by atoms with Crippen molar-refractivity contribution in [3.05, 3.63) is 34.3 Å². The maximum Gasteiger partial charge on any atom is 0.236 e. The zero-order valence-corrected chi connectivity index (χ0v) is 19.3. The molecular formula is C23H27BrN2O3. The van der Waals surface area contributed by atoms with Crippen LogP contribution in [-0.4, -0.2) is 40.1 Å². The number of fused-ring (bicyclic) bond motifs is 5. The fraction of sp³-hybridized carbons (Fsp3) is 0.522. The average Bonchev–Trinajstić information content (AvgIpc) is 3.06. The summed E-state index contributed by atoms with van der Waals surface area (Å²) in [7, 11) is 0. The number of ketones is 1. The number of rotatable bonds is 1. The van der Waals surface area contributed by atoms with Gasteiger partial charge in [-0.15, -0.1) is 0 Å². The van der Waals surface area contributed by atoms with Crippen LogP contribution in [0, 0.1) is 17.3 Å². The van der Waals surface area contributed by atoms with Crippen LogP contribution >= 0.6 is 15.9 Å². The number of carbonyl (C=O) groups is 3. The minimum atomic E-state index is -0.655. The van der Waals surface area contributed by atoms with Gasteiger partial charge in [0.15, 0.2) is 5.78 Å². The fourth-order valence-electron chi connectivity index (χ4n) is 4.95. The summed E-state index contributed by atoms with van der Waals surface area (Å²) >= 11 is 3.50. The Morgan fingerprint density at radius 3 is 2.21 bits per heavy atom. The first-order valence-corrected chi connectivity index (χ1v) is 10.8. The maximum atomic E-state index is 13.6. The highest BCUT2D eigenvalue weighted by Gasteiger charge is 2.65. The van der Waals surface area contributed by atoms with E-state index >= 15 is 0 Å². The minimum absolute atomic E-state index is 0.00363. The highest BCUT2D eigenvalue weighted by atomic mass is 79.9. The van der Waals surface area contributed by atoms with Gasteiger partial charge in [0.2, 0.25) is 11.8 Å². The Hall–Kier alpha value is -1.95. The SMILES string of the molecule is CC(C)(C)C(=O)[C@@H]1[C@H]2C(=O)N(C(C)(C)C)C(=O)[C@@H]2[C@H]2C=Cc3cc(Br)ccc3N21. The molecule has 0 radical (unpaired) electrons. The number of likely N-dealkylation sites (tertiary alicyclic amines) is 1. The van der Waals surface area contributed by atoms with E-state index in [2.05, 4.69) is 15.9 Å². The molecule has 3 aliphatic heterocycles. The Labute approximate surface area is 180 Å². The molecule has 6 heteroatoms. The van der Waals surface area contributed by atoms with Crippen LogP contribution in [0.25, 0.3) is 6.08 Å². The molecule has 0 aliphatic carbocycles. The fourth-order valence-corrected chi connectivity index (χ4v) is 5.33. The minimum Gasteiger partial charge on any atom is -0.353 e. The molecule has 2 fully saturated rings. The van der Waals surface area contributed by atoms with Crippen LogP contribution in [0.4, 0.5) is 5.69 Å². The second-order valence-electron chi connectivity index (χ2n) is 10.3. The van der Waals surface area contributed by atoms with Crippen molar-refractivity contribution in [1.82, 2.24) is 4.90 Å². The number of hydrogen-bond acceptors (Lipinski definition) is 4. The zero-order valence-electron chi connectivity index (χ0n) is 17.7. The summed E-state index contributed by atoms with van der Waals surface area (Å²) in [4.78, 5) is 43.9. The van der Waals surface area contributed by atoms with Gasteiger partial charge >= 0.3 is 0 Å². The molecule has 0 bridgehead atoms. The highest BCUT2D eigenvalue weighted by Crippen LogP contribution is 2.51. The van der Waals surface area contributed by atoms with Crippen molar-refractivity contribution in [2.75, 3.05) is 4.90 Å². The molecular weight excluding hydrogens is 432 g/mol. The Morgan fingerprint density at radius 2 is 1.62 bits per heavy atom. The average molecular weight is 459 g/mol. The van der Waals surface area contributed by atoms with E-state index in [1.807, 2.05) is 76.8 Å². The Morgan fingerprint density at radius 1 is 1.00 bits per heavy atom. The molecule has 2 saturated heterocycles. The van der Waals surface area contributed by atoms with E-state index in [1.54, 1.807) is 0 Å². The number of nitrogens with zero attached hydrogens (tertiary/aromatic N) is 2. The van der Waals surface area contributed by atoms with Gasteiger partial charge < -0.3 is 4.90 Å². The summed E-state index contributed by atoms with van der Waals surface area (Å²) in [6, 6.07) is 4.95. The maximum absolute atomic E-state index is 13.6. The van der Waals surface area contributed by atoms with E-state index in [9.17, 15) is 14.4 Å². The number of halogens is 1. The lowest BCUT2D eigenvalue weighted by Gasteiger charge is -2.40. The van der Waals surface area contributed by atoms with Crippen LogP contribution in [0.5, 0.6) is 0 Å². The molecule has 3 aliphatic rings. The summed E-state index contributed by atoms with van der Waals surface area (Å²) in [5.41, 5.74) is 0.648. The monoisotopic (exact) mass is 458 g/mol. The van der Waals surface area contributed by atoms with Gasteiger partial charge in [0, 0.05) is 21.1 Å². The van der Waals surface area contributed by atoms with Crippen molar-refractivity contribution >= 4 is 45.3 Å². The van der Waals surface area contributed by atoms with E-state index in [1.165, 1.54) is 4.90 Å². The lowest BCUT2D eigenvalue weighted by Crippen LogP contribution is -2.54. The van der Waals surface area contributed by atoms with Crippen molar-refractivity contribution in [1.29, 1.82) is 0 Å². The molecule has 0 spiro atoms. The van der Waals surface area contributed by atoms with Crippen LogP contribution in [0.3, 0.4) is 0 Å². The lowest BCUT2D eigenvalue weighted by molar-refractivity contribution is -0.146. The standard InChI is InChI=1S/C23H27BrN2O3/c1-22(2,3)19(27)18-17-16(20(28)26(21(17)29)23(4,5)6)15-9-7-12-11-13(24)8-10-14(12)25(15)18/h7-11,15-18H,1-6H3/t15-,16-,17+,18+/m1/s1. The number of anilines is 1. The molecule has 2 amide bonds. The molecule has 1 aromatic rings. The summed E-state index contributed by atoms with van der Waals surface area (Å²) in [6.07, 6.45) is 3.99. The second kappa shape index (κ2) is 6.27. The molecule has 29 heavy (non-hydrogen) atoms. The summed E-state index contributed by atoms with van der Waals surface area (Å²) in [5.74, 6) is -1.59. The van der Waals surface area contributed by atoms with Crippen LogP contribution in [0.1, 0.15) is 47.1 Å². The molecule has 0 saturated carbocycles. The molecule has 4 rings (SSSR count). The molecule has 154 valence electrons. The first kappa shape index (κ1) is 20.3. The number of carbonyl (C=O) groups excluding carboxylic acids is 3. The number of amides is 2. The Kier molecular flexibility index (Phi) is 4.40. The van der Waals surface area contributed by atoms with Crippen LogP contribution < -0.4 is 4.90 Å². The van der Waals surface area contributed by atoms with Gasteiger partial charge in [0.1, 0.15) is 6.04 Å². The van der Waals surface area contributed by atoms with Crippen molar-refractivity contribution in [2.24, 2.45) is 17.3 Å². The van der Waals surface area contributed by atoms with Gasteiger partial charge in [-0.2, -0.15) is 0 Å². The van der Waals surface area contributed by atoms with Crippen molar-refractivity contribution in [3.63, 3.8) is 0 Å². The molecule has 3 heterocycles. The number of imide groups is 1. The van der Waals surface area contributed by atoms with Gasteiger partial charge in [-0.25, -0.2) is 0 Å². The number of benzene rings is 1. The lowest BCUT2D eigenvalue weighted by atomic mass is 9.79. The van der Waals surface area contributed by atoms with E-state index in [0.29, 0.717) is 0 Å². The highest BCUT2D eigenvalue weighted by molar-refractivity contribution is 9.10. The van der Waals surface area contributed by atoms with Crippen LogP contribution in [0.15, 0.2) is 28.7 Å².